The summed E-state index contributed by atoms with van der Waals surface area (Å²) in [6.07, 6.45) is 19.1. The zero-order chi connectivity index (χ0) is 17.9. The third-order valence-electron chi connectivity index (χ3n) is 4.51. The summed E-state index contributed by atoms with van der Waals surface area (Å²) in [5.74, 6) is 0.194. The summed E-state index contributed by atoms with van der Waals surface area (Å²) >= 11 is 0. The van der Waals surface area contributed by atoms with Crippen LogP contribution in [0.3, 0.4) is 0 Å². The van der Waals surface area contributed by atoms with Gasteiger partial charge in [-0.05, 0) is 12.8 Å². The van der Waals surface area contributed by atoms with E-state index in [2.05, 4.69) is 13.8 Å². The molecule has 0 spiro atoms. The minimum atomic E-state index is -3.29. The van der Waals surface area contributed by atoms with Crippen molar-refractivity contribution in [3.63, 3.8) is 0 Å². The Kier molecular flexibility index (Phi) is 23.9. The van der Waals surface area contributed by atoms with Crippen molar-refractivity contribution in [1.82, 2.24) is 0 Å². The molecule has 0 saturated heterocycles. The van der Waals surface area contributed by atoms with Gasteiger partial charge in [0.25, 0.3) is 10.1 Å². The maximum atomic E-state index is 11.8. The SMILES string of the molecule is CCCCCCCCCCCCS(=O)(=O)OCCCCCCCC.[Na]. The summed E-state index contributed by atoms with van der Waals surface area (Å²) in [4.78, 5) is 0. The zero-order valence-corrected chi connectivity index (χ0v) is 20.2. The van der Waals surface area contributed by atoms with E-state index >= 15 is 0 Å². The number of hydrogen-bond acceptors (Lipinski definition) is 3. The Labute approximate surface area is 180 Å². The van der Waals surface area contributed by atoms with Crippen LogP contribution < -0.4 is 0 Å². The third-order valence-corrected chi connectivity index (χ3v) is 5.82. The number of unbranched alkanes of at least 4 members (excludes halogenated alkanes) is 14. The van der Waals surface area contributed by atoms with E-state index in [0.29, 0.717) is 6.61 Å². The summed E-state index contributed by atoms with van der Waals surface area (Å²) in [5, 5.41) is 0. The molecule has 0 aromatic carbocycles. The quantitative estimate of drug-likeness (QED) is 0.150. The van der Waals surface area contributed by atoms with Crippen molar-refractivity contribution >= 4 is 39.7 Å². The van der Waals surface area contributed by atoms with Gasteiger partial charge in [0.1, 0.15) is 0 Å². The normalized spacial score (nSPS) is 11.4. The molecule has 0 aromatic rings. The summed E-state index contributed by atoms with van der Waals surface area (Å²) in [6.45, 7) is 4.81. The average Bonchev–Trinajstić information content (AvgIpc) is 2.55. The van der Waals surface area contributed by atoms with Gasteiger partial charge in [-0.1, -0.05) is 104 Å². The van der Waals surface area contributed by atoms with Gasteiger partial charge in [-0.3, -0.25) is 4.18 Å². The molecule has 0 amide bonds. The van der Waals surface area contributed by atoms with E-state index in [1.807, 2.05) is 0 Å². The Bertz CT molecular complexity index is 345. The first-order chi connectivity index (χ1) is 11.6. The molecule has 0 aliphatic carbocycles. The average molecular weight is 386 g/mol. The monoisotopic (exact) mass is 385 g/mol. The second-order valence-corrected chi connectivity index (χ2v) is 8.79. The van der Waals surface area contributed by atoms with Crippen LogP contribution in [0, 0.1) is 0 Å². The molecule has 5 heteroatoms. The first kappa shape index (κ1) is 28.1. The van der Waals surface area contributed by atoms with Crippen LogP contribution >= 0.6 is 0 Å². The molecule has 0 aromatic heterocycles. The van der Waals surface area contributed by atoms with Crippen molar-refractivity contribution in [3.8, 4) is 0 Å². The molecule has 0 fully saturated rings. The van der Waals surface area contributed by atoms with Gasteiger partial charge in [-0.25, -0.2) is 0 Å². The molecular weight excluding hydrogens is 343 g/mol. The molecule has 3 nitrogen and oxygen atoms in total. The molecule has 0 bridgehead atoms. The van der Waals surface area contributed by atoms with Crippen LogP contribution in [0.5, 0.6) is 0 Å². The van der Waals surface area contributed by atoms with Crippen LogP contribution in [-0.2, 0) is 14.3 Å². The molecule has 0 rings (SSSR count). The topological polar surface area (TPSA) is 43.4 Å². The van der Waals surface area contributed by atoms with Crippen molar-refractivity contribution in [3.05, 3.63) is 0 Å². The van der Waals surface area contributed by atoms with Crippen LogP contribution in [0.25, 0.3) is 0 Å². The first-order valence-corrected chi connectivity index (χ1v) is 12.1. The van der Waals surface area contributed by atoms with Crippen LogP contribution in [0.15, 0.2) is 0 Å². The van der Waals surface area contributed by atoms with E-state index in [1.165, 1.54) is 70.6 Å². The molecule has 0 saturated carbocycles. The molecular formula is C20H42NaO3S. The van der Waals surface area contributed by atoms with Gasteiger partial charge in [-0.15, -0.1) is 0 Å². The summed E-state index contributed by atoms with van der Waals surface area (Å²) in [7, 11) is -3.29. The van der Waals surface area contributed by atoms with Gasteiger partial charge in [0.2, 0.25) is 0 Å². The fourth-order valence-corrected chi connectivity index (χ4v) is 3.94. The Balaban J connectivity index is 0. The predicted molar refractivity (Wildman–Crippen MR) is 111 cm³/mol. The maximum Gasteiger partial charge on any atom is 0.267 e. The maximum absolute atomic E-state index is 11.8. The Morgan fingerprint density at radius 3 is 1.36 bits per heavy atom. The van der Waals surface area contributed by atoms with E-state index in [0.717, 1.165) is 32.1 Å². The van der Waals surface area contributed by atoms with Crippen molar-refractivity contribution in [1.29, 1.82) is 0 Å². The van der Waals surface area contributed by atoms with Gasteiger partial charge in [-0.2, -0.15) is 8.42 Å². The van der Waals surface area contributed by atoms with Crippen LogP contribution in [0.2, 0.25) is 0 Å². The Hall–Kier alpha value is 0.910. The molecule has 0 heterocycles. The van der Waals surface area contributed by atoms with E-state index in [-0.39, 0.29) is 35.3 Å². The fourth-order valence-electron chi connectivity index (χ4n) is 2.89. The molecule has 0 aliphatic heterocycles. The molecule has 1 radical (unpaired) electrons. The zero-order valence-electron chi connectivity index (χ0n) is 17.4. The van der Waals surface area contributed by atoms with Crippen molar-refractivity contribution in [2.75, 3.05) is 12.4 Å². The minimum Gasteiger partial charge on any atom is -0.270 e. The summed E-state index contributed by atoms with van der Waals surface area (Å²) in [5.41, 5.74) is 0. The van der Waals surface area contributed by atoms with Crippen molar-refractivity contribution in [2.45, 2.75) is 117 Å². The molecule has 0 aliphatic rings. The van der Waals surface area contributed by atoms with Gasteiger partial charge >= 0.3 is 0 Å². The van der Waals surface area contributed by atoms with E-state index in [4.69, 9.17) is 4.18 Å². The van der Waals surface area contributed by atoms with Crippen LogP contribution in [-0.4, -0.2) is 50.3 Å². The Morgan fingerprint density at radius 1 is 0.560 bits per heavy atom. The second kappa shape index (κ2) is 21.2. The van der Waals surface area contributed by atoms with Gasteiger partial charge in [0.05, 0.1) is 12.4 Å². The Morgan fingerprint density at radius 2 is 0.920 bits per heavy atom. The molecule has 0 N–H and O–H groups in total. The van der Waals surface area contributed by atoms with E-state index in [1.54, 1.807) is 0 Å². The van der Waals surface area contributed by atoms with Gasteiger partial charge < -0.3 is 0 Å². The van der Waals surface area contributed by atoms with Gasteiger partial charge in [0.15, 0.2) is 0 Å². The summed E-state index contributed by atoms with van der Waals surface area (Å²) in [6, 6.07) is 0. The molecule has 147 valence electrons. The fraction of sp³-hybridized carbons (Fsp3) is 1.00. The molecule has 0 unspecified atom stereocenters. The molecule has 0 atom stereocenters. The van der Waals surface area contributed by atoms with Crippen molar-refractivity contribution < 1.29 is 12.6 Å². The second-order valence-electron chi connectivity index (χ2n) is 7.03. The first-order valence-electron chi connectivity index (χ1n) is 10.5. The standard InChI is InChI=1S/C20H42O3S.Na/c1-3-5-7-9-11-12-13-14-16-18-20-24(21,22)23-19-17-15-10-8-6-4-2;/h3-20H2,1-2H3;. The molecule has 25 heavy (non-hydrogen) atoms. The number of hydrogen-bond donors (Lipinski definition) is 0. The van der Waals surface area contributed by atoms with E-state index in [9.17, 15) is 8.42 Å². The minimum absolute atomic E-state index is 0. The van der Waals surface area contributed by atoms with Gasteiger partial charge in [0, 0.05) is 29.6 Å². The van der Waals surface area contributed by atoms with Crippen LogP contribution in [0.4, 0.5) is 0 Å². The van der Waals surface area contributed by atoms with Crippen molar-refractivity contribution in [2.24, 2.45) is 0 Å². The smallest absolute Gasteiger partial charge is 0.267 e. The predicted octanol–water partition coefficient (Wildman–Crippen LogP) is 6.23. The van der Waals surface area contributed by atoms with E-state index < -0.39 is 10.1 Å². The summed E-state index contributed by atoms with van der Waals surface area (Å²) < 4.78 is 28.6. The third kappa shape index (κ3) is 22.9. The van der Waals surface area contributed by atoms with Crippen LogP contribution in [0.1, 0.15) is 117 Å². The largest absolute Gasteiger partial charge is 0.270 e. The number of rotatable bonds is 19.